The summed E-state index contributed by atoms with van der Waals surface area (Å²) in [6.45, 7) is 6.91. The Morgan fingerprint density at radius 2 is 2.31 bits per heavy atom. The molecule has 0 aromatic carbocycles. The van der Waals surface area contributed by atoms with Crippen LogP contribution in [0.5, 0.6) is 0 Å². The molecule has 0 saturated carbocycles. The van der Waals surface area contributed by atoms with E-state index in [2.05, 4.69) is 25.2 Å². The maximum Gasteiger partial charge on any atom is 0.0207 e. The van der Waals surface area contributed by atoms with E-state index in [0.717, 1.165) is 12.5 Å². The van der Waals surface area contributed by atoms with Crippen LogP contribution in [0.4, 0.5) is 0 Å². The summed E-state index contributed by atoms with van der Waals surface area (Å²) in [5.74, 6) is 0.761. The molecule has 2 aliphatic rings. The summed E-state index contributed by atoms with van der Waals surface area (Å²) in [6.07, 6.45) is 6.33. The normalized spacial score (nSPS) is 29.4. The van der Waals surface area contributed by atoms with E-state index >= 15 is 0 Å². The van der Waals surface area contributed by atoms with Crippen molar-refractivity contribution in [3.05, 3.63) is 22.8 Å². The van der Waals surface area contributed by atoms with Crippen LogP contribution in [0.15, 0.2) is 22.8 Å². The average Bonchev–Trinajstić information content (AvgIpc) is 2.28. The molecular weight excluding hydrogens is 158 g/mol. The molecular formula is C12H19N. The lowest BCUT2D eigenvalue weighted by molar-refractivity contribution is 0.680. The van der Waals surface area contributed by atoms with Gasteiger partial charge < -0.3 is 5.32 Å². The molecule has 72 valence electrons. The van der Waals surface area contributed by atoms with Gasteiger partial charge in [0.2, 0.25) is 0 Å². The molecule has 0 aromatic rings. The van der Waals surface area contributed by atoms with Gasteiger partial charge in [-0.1, -0.05) is 18.6 Å². The van der Waals surface area contributed by atoms with Crippen molar-refractivity contribution in [2.24, 2.45) is 5.92 Å². The highest BCUT2D eigenvalue weighted by molar-refractivity contribution is 5.40. The van der Waals surface area contributed by atoms with Gasteiger partial charge in [-0.2, -0.15) is 0 Å². The largest absolute Gasteiger partial charge is 0.313 e. The third kappa shape index (κ3) is 1.86. The Morgan fingerprint density at radius 3 is 3.15 bits per heavy atom. The summed E-state index contributed by atoms with van der Waals surface area (Å²) in [6, 6.07) is 0. The van der Waals surface area contributed by atoms with Crippen LogP contribution in [0, 0.1) is 5.92 Å². The number of nitrogens with one attached hydrogen (secondary N) is 1. The minimum Gasteiger partial charge on any atom is -0.313 e. The van der Waals surface area contributed by atoms with E-state index in [9.17, 15) is 0 Å². The summed E-state index contributed by atoms with van der Waals surface area (Å²) in [5.41, 5.74) is 4.84. The van der Waals surface area contributed by atoms with Crippen molar-refractivity contribution in [3.63, 3.8) is 0 Å². The Morgan fingerprint density at radius 1 is 1.46 bits per heavy atom. The number of rotatable bonds is 0. The van der Waals surface area contributed by atoms with Gasteiger partial charge in [0.25, 0.3) is 0 Å². The lowest BCUT2D eigenvalue weighted by atomic mass is 9.85. The van der Waals surface area contributed by atoms with Crippen LogP contribution in [0.1, 0.15) is 33.1 Å². The summed E-state index contributed by atoms with van der Waals surface area (Å²) in [5, 5.41) is 3.49. The number of hydrogen-bond donors (Lipinski definition) is 1. The van der Waals surface area contributed by atoms with Crippen LogP contribution < -0.4 is 5.32 Å². The zero-order valence-corrected chi connectivity index (χ0v) is 8.69. The van der Waals surface area contributed by atoms with Gasteiger partial charge in [0.15, 0.2) is 0 Å². The lowest BCUT2D eigenvalue weighted by Crippen LogP contribution is -2.17. The van der Waals surface area contributed by atoms with Gasteiger partial charge in [0.05, 0.1) is 0 Å². The zero-order valence-electron chi connectivity index (χ0n) is 8.69. The predicted molar refractivity (Wildman–Crippen MR) is 56.7 cm³/mol. The fourth-order valence-corrected chi connectivity index (χ4v) is 2.50. The van der Waals surface area contributed by atoms with Crippen LogP contribution in [0.3, 0.4) is 0 Å². The van der Waals surface area contributed by atoms with Crippen molar-refractivity contribution >= 4 is 0 Å². The Bertz CT molecular complexity index is 260. The van der Waals surface area contributed by atoms with E-state index in [1.165, 1.54) is 25.8 Å². The molecule has 1 fully saturated rings. The molecule has 1 nitrogen and oxygen atoms in total. The predicted octanol–water partition coefficient (Wildman–Crippen LogP) is 2.65. The highest BCUT2D eigenvalue weighted by Gasteiger charge is 2.18. The molecule has 0 aromatic heterocycles. The molecule has 1 aliphatic heterocycles. The minimum atomic E-state index is 0.761. The quantitative estimate of drug-likeness (QED) is 0.600. The van der Waals surface area contributed by atoms with E-state index in [-0.39, 0.29) is 0 Å². The smallest absolute Gasteiger partial charge is 0.0207 e. The molecule has 1 unspecified atom stereocenters. The second-order valence-corrected chi connectivity index (χ2v) is 4.41. The standard InChI is InChI=1S/C12H19N/c1-9-6-10(2)12-8-13-5-3-4-11(12)7-9/h7,9,13H,3-6,8H2,1-2H3. The first kappa shape index (κ1) is 9.01. The second kappa shape index (κ2) is 3.67. The molecule has 0 spiro atoms. The van der Waals surface area contributed by atoms with E-state index in [1.807, 2.05) is 0 Å². The molecule has 1 N–H and O–H groups in total. The Balaban J connectivity index is 2.28. The van der Waals surface area contributed by atoms with Crippen molar-refractivity contribution in [2.75, 3.05) is 13.1 Å². The first-order chi connectivity index (χ1) is 6.27. The van der Waals surface area contributed by atoms with Crippen molar-refractivity contribution in [1.82, 2.24) is 5.32 Å². The fraction of sp³-hybridized carbons (Fsp3) is 0.667. The van der Waals surface area contributed by atoms with E-state index in [4.69, 9.17) is 0 Å². The highest BCUT2D eigenvalue weighted by Crippen LogP contribution is 2.31. The van der Waals surface area contributed by atoms with Crippen molar-refractivity contribution < 1.29 is 0 Å². The molecule has 13 heavy (non-hydrogen) atoms. The van der Waals surface area contributed by atoms with E-state index in [1.54, 1.807) is 16.7 Å². The monoisotopic (exact) mass is 177 g/mol. The van der Waals surface area contributed by atoms with E-state index in [0.29, 0.717) is 0 Å². The van der Waals surface area contributed by atoms with Crippen LogP contribution in [0.25, 0.3) is 0 Å². The first-order valence-electron chi connectivity index (χ1n) is 5.38. The third-order valence-electron chi connectivity index (χ3n) is 3.12. The topological polar surface area (TPSA) is 12.0 Å². The molecule has 0 bridgehead atoms. The molecule has 0 amide bonds. The minimum absolute atomic E-state index is 0.761. The van der Waals surface area contributed by atoms with Crippen LogP contribution in [0.2, 0.25) is 0 Å². The van der Waals surface area contributed by atoms with Crippen molar-refractivity contribution in [1.29, 1.82) is 0 Å². The second-order valence-electron chi connectivity index (χ2n) is 4.41. The lowest BCUT2D eigenvalue weighted by Gasteiger charge is -2.22. The van der Waals surface area contributed by atoms with Gasteiger partial charge in [-0.05, 0) is 49.8 Å². The zero-order chi connectivity index (χ0) is 9.26. The van der Waals surface area contributed by atoms with Gasteiger partial charge in [-0.3, -0.25) is 0 Å². The summed E-state index contributed by atoms with van der Waals surface area (Å²) < 4.78 is 0. The average molecular weight is 177 g/mol. The molecule has 1 heterocycles. The van der Waals surface area contributed by atoms with E-state index < -0.39 is 0 Å². The molecule has 0 radical (unpaired) electrons. The summed E-state index contributed by atoms with van der Waals surface area (Å²) >= 11 is 0. The van der Waals surface area contributed by atoms with Crippen molar-refractivity contribution in [3.8, 4) is 0 Å². The molecule has 1 atom stereocenters. The highest BCUT2D eigenvalue weighted by atomic mass is 14.9. The molecule has 2 rings (SSSR count). The molecule has 1 aliphatic carbocycles. The van der Waals surface area contributed by atoms with Gasteiger partial charge in [0.1, 0.15) is 0 Å². The van der Waals surface area contributed by atoms with Gasteiger partial charge in [-0.25, -0.2) is 0 Å². The van der Waals surface area contributed by atoms with Crippen LogP contribution in [-0.2, 0) is 0 Å². The number of allylic oxidation sites excluding steroid dienone is 2. The molecule has 1 heteroatoms. The van der Waals surface area contributed by atoms with Crippen LogP contribution in [-0.4, -0.2) is 13.1 Å². The fourth-order valence-electron chi connectivity index (χ4n) is 2.50. The van der Waals surface area contributed by atoms with Crippen LogP contribution >= 0.6 is 0 Å². The van der Waals surface area contributed by atoms with Crippen molar-refractivity contribution in [2.45, 2.75) is 33.1 Å². The summed E-state index contributed by atoms with van der Waals surface area (Å²) in [7, 11) is 0. The Labute approximate surface area is 80.9 Å². The Hall–Kier alpha value is -0.560. The van der Waals surface area contributed by atoms with Gasteiger partial charge >= 0.3 is 0 Å². The maximum atomic E-state index is 3.49. The summed E-state index contributed by atoms with van der Waals surface area (Å²) in [4.78, 5) is 0. The first-order valence-corrected chi connectivity index (χ1v) is 5.38. The molecule has 1 saturated heterocycles. The number of fused-ring (bicyclic) bond motifs is 1. The maximum absolute atomic E-state index is 3.49. The van der Waals surface area contributed by atoms with Gasteiger partial charge in [-0.15, -0.1) is 0 Å². The van der Waals surface area contributed by atoms with Gasteiger partial charge in [0, 0.05) is 6.54 Å². The Kier molecular flexibility index (Phi) is 2.54. The SMILES string of the molecule is CC1=C2CNCCCC2=CC(C)C1. The number of hydrogen-bond acceptors (Lipinski definition) is 1. The third-order valence-corrected chi connectivity index (χ3v) is 3.12.